The van der Waals surface area contributed by atoms with E-state index >= 15 is 0 Å². The highest BCUT2D eigenvalue weighted by atomic mass is 127. The average Bonchev–Trinajstić information content (AvgIpc) is 3.07. The summed E-state index contributed by atoms with van der Waals surface area (Å²) in [5.41, 5.74) is 2.06. The van der Waals surface area contributed by atoms with Crippen molar-refractivity contribution in [2.45, 2.75) is 37.7 Å². The van der Waals surface area contributed by atoms with Crippen LogP contribution in [0.15, 0.2) is 29.3 Å². The first-order chi connectivity index (χ1) is 9.72. The number of fused-ring (bicyclic) bond motifs is 1. The lowest BCUT2D eigenvalue weighted by atomic mass is 10.0. The van der Waals surface area contributed by atoms with E-state index in [0.29, 0.717) is 6.54 Å². The van der Waals surface area contributed by atoms with Crippen molar-refractivity contribution in [1.29, 1.82) is 0 Å². The van der Waals surface area contributed by atoms with Crippen LogP contribution in [0, 0.1) is 0 Å². The molecule has 2 N–H and O–H groups in total. The monoisotopic (exact) mass is 401 g/mol. The molecular weight excluding hydrogens is 377 g/mol. The molecule has 21 heavy (non-hydrogen) atoms. The molecule has 1 aromatic rings. The topological polar surface area (TPSA) is 47.9 Å². The van der Waals surface area contributed by atoms with Crippen LogP contribution < -0.4 is 10.2 Å². The zero-order valence-electron chi connectivity index (χ0n) is 12.5. The van der Waals surface area contributed by atoms with Gasteiger partial charge in [0.15, 0.2) is 5.96 Å². The van der Waals surface area contributed by atoms with E-state index in [0.717, 1.165) is 44.6 Å². The molecule has 2 aliphatic rings. The van der Waals surface area contributed by atoms with Gasteiger partial charge in [-0.1, -0.05) is 31.0 Å². The first kappa shape index (κ1) is 16.5. The Morgan fingerprint density at radius 3 is 2.76 bits per heavy atom. The molecule has 1 saturated carbocycles. The number of aliphatic imine (C=N–C) groups is 1. The van der Waals surface area contributed by atoms with E-state index in [1.54, 1.807) is 0 Å². The van der Waals surface area contributed by atoms with Crippen molar-refractivity contribution in [2.24, 2.45) is 4.99 Å². The Hall–Kier alpha value is -0.820. The average molecular weight is 401 g/mol. The van der Waals surface area contributed by atoms with Gasteiger partial charge in [-0.3, -0.25) is 4.99 Å². The summed E-state index contributed by atoms with van der Waals surface area (Å²) in [5, 5.41) is 13.8. The summed E-state index contributed by atoms with van der Waals surface area (Å²) in [7, 11) is 1.81. The first-order valence-corrected chi connectivity index (χ1v) is 7.50. The van der Waals surface area contributed by atoms with Gasteiger partial charge in [0.2, 0.25) is 0 Å². The summed E-state index contributed by atoms with van der Waals surface area (Å²) < 4.78 is 0. The van der Waals surface area contributed by atoms with E-state index in [9.17, 15) is 5.11 Å². The van der Waals surface area contributed by atoms with Crippen molar-refractivity contribution >= 4 is 35.6 Å². The second kappa shape index (κ2) is 6.96. The minimum Gasteiger partial charge on any atom is -0.388 e. The molecule has 0 bridgehead atoms. The Labute approximate surface area is 143 Å². The number of aliphatic hydroxyl groups is 1. The third-order valence-corrected chi connectivity index (χ3v) is 4.46. The highest BCUT2D eigenvalue weighted by Gasteiger charge is 2.32. The molecule has 1 fully saturated rings. The molecule has 0 saturated heterocycles. The van der Waals surface area contributed by atoms with E-state index in [1.807, 2.05) is 7.05 Å². The number of nitrogens with one attached hydrogen (secondary N) is 1. The number of hydrogen-bond donors (Lipinski definition) is 2. The fourth-order valence-electron chi connectivity index (χ4n) is 3.31. The predicted molar refractivity (Wildman–Crippen MR) is 97.7 cm³/mol. The Bertz CT molecular complexity index is 512. The van der Waals surface area contributed by atoms with Crippen molar-refractivity contribution in [3.63, 3.8) is 0 Å². The van der Waals surface area contributed by atoms with Gasteiger partial charge >= 0.3 is 0 Å². The van der Waals surface area contributed by atoms with Crippen molar-refractivity contribution in [3.8, 4) is 0 Å². The zero-order valence-corrected chi connectivity index (χ0v) is 14.8. The minimum absolute atomic E-state index is 0. The predicted octanol–water partition coefficient (Wildman–Crippen LogP) is 2.55. The SMILES string of the molecule is CN=C(NCC1(O)CCCC1)N1CCc2ccccc21.I. The minimum atomic E-state index is -0.546. The van der Waals surface area contributed by atoms with Crippen LogP contribution in [0.25, 0.3) is 0 Å². The van der Waals surface area contributed by atoms with E-state index in [4.69, 9.17) is 0 Å². The van der Waals surface area contributed by atoms with Crippen LogP contribution in [0.3, 0.4) is 0 Å². The summed E-state index contributed by atoms with van der Waals surface area (Å²) in [4.78, 5) is 6.60. The molecule has 1 heterocycles. The lowest BCUT2D eigenvalue weighted by Crippen LogP contribution is -2.47. The third kappa shape index (κ3) is 3.51. The van der Waals surface area contributed by atoms with Crippen LogP contribution in [-0.2, 0) is 6.42 Å². The van der Waals surface area contributed by atoms with Crippen LogP contribution in [-0.4, -0.2) is 36.8 Å². The fourth-order valence-corrected chi connectivity index (χ4v) is 3.31. The first-order valence-electron chi connectivity index (χ1n) is 7.50. The third-order valence-electron chi connectivity index (χ3n) is 4.46. The Balaban J connectivity index is 0.00000161. The van der Waals surface area contributed by atoms with Gasteiger partial charge < -0.3 is 15.3 Å². The molecule has 1 aliphatic heterocycles. The molecule has 4 nitrogen and oxygen atoms in total. The number of para-hydroxylation sites is 1. The van der Waals surface area contributed by atoms with Gasteiger partial charge in [0.25, 0.3) is 0 Å². The Morgan fingerprint density at radius 2 is 2.05 bits per heavy atom. The lowest BCUT2D eigenvalue weighted by molar-refractivity contribution is 0.0523. The van der Waals surface area contributed by atoms with Crippen molar-refractivity contribution < 1.29 is 5.11 Å². The highest BCUT2D eigenvalue weighted by molar-refractivity contribution is 14.0. The summed E-state index contributed by atoms with van der Waals surface area (Å²) in [6.45, 7) is 1.55. The normalized spacial score (nSPS) is 20.1. The van der Waals surface area contributed by atoms with Crippen molar-refractivity contribution in [1.82, 2.24) is 5.32 Å². The fraction of sp³-hybridized carbons (Fsp3) is 0.562. The number of nitrogens with zero attached hydrogens (tertiary/aromatic N) is 2. The zero-order chi connectivity index (χ0) is 14.0. The highest BCUT2D eigenvalue weighted by Crippen LogP contribution is 2.30. The number of hydrogen-bond acceptors (Lipinski definition) is 2. The number of anilines is 1. The number of guanidine groups is 1. The molecule has 0 unspecified atom stereocenters. The molecule has 116 valence electrons. The molecule has 1 aromatic carbocycles. The lowest BCUT2D eigenvalue weighted by Gasteiger charge is -2.27. The Morgan fingerprint density at radius 1 is 1.33 bits per heavy atom. The van der Waals surface area contributed by atoms with E-state index in [2.05, 4.69) is 39.5 Å². The van der Waals surface area contributed by atoms with Crippen LogP contribution >= 0.6 is 24.0 Å². The van der Waals surface area contributed by atoms with Crippen LogP contribution in [0.2, 0.25) is 0 Å². The van der Waals surface area contributed by atoms with Crippen LogP contribution in [0.1, 0.15) is 31.2 Å². The van der Waals surface area contributed by atoms with Gasteiger partial charge in [0.05, 0.1) is 5.60 Å². The largest absolute Gasteiger partial charge is 0.388 e. The second-order valence-corrected chi connectivity index (χ2v) is 5.86. The second-order valence-electron chi connectivity index (χ2n) is 5.86. The number of rotatable bonds is 2. The van der Waals surface area contributed by atoms with E-state index < -0.39 is 5.60 Å². The maximum absolute atomic E-state index is 10.4. The summed E-state index contributed by atoms with van der Waals surface area (Å²) in [6, 6.07) is 8.46. The van der Waals surface area contributed by atoms with Gasteiger partial charge in [-0.05, 0) is 30.9 Å². The number of halogens is 1. The van der Waals surface area contributed by atoms with Crippen molar-refractivity contribution in [3.05, 3.63) is 29.8 Å². The molecule has 0 aromatic heterocycles. The van der Waals surface area contributed by atoms with Crippen molar-refractivity contribution in [2.75, 3.05) is 25.0 Å². The van der Waals surface area contributed by atoms with Gasteiger partial charge in [-0.2, -0.15) is 0 Å². The van der Waals surface area contributed by atoms with Gasteiger partial charge in [0.1, 0.15) is 0 Å². The molecule has 5 heteroatoms. The molecule has 0 radical (unpaired) electrons. The number of benzene rings is 1. The molecule has 0 amide bonds. The van der Waals surface area contributed by atoms with Gasteiger partial charge in [-0.15, -0.1) is 24.0 Å². The van der Waals surface area contributed by atoms with Crippen LogP contribution in [0.4, 0.5) is 5.69 Å². The maximum atomic E-state index is 10.4. The maximum Gasteiger partial charge on any atom is 0.198 e. The summed E-state index contributed by atoms with van der Waals surface area (Å²) in [6.07, 6.45) is 5.11. The molecule has 1 aliphatic carbocycles. The van der Waals surface area contributed by atoms with E-state index in [-0.39, 0.29) is 24.0 Å². The molecular formula is C16H24IN3O. The van der Waals surface area contributed by atoms with Crippen LogP contribution in [0.5, 0.6) is 0 Å². The quantitative estimate of drug-likeness (QED) is 0.455. The van der Waals surface area contributed by atoms with Gasteiger partial charge in [0, 0.05) is 25.8 Å². The summed E-state index contributed by atoms with van der Waals surface area (Å²) in [5.74, 6) is 0.871. The molecule has 0 spiro atoms. The smallest absolute Gasteiger partial charge is 0.198 e. The standard InChI is InChI=1S/C16H23N3O.HI/c1-17-15(18-12-16(20)9-4-5-10-16)19-11-8-13-6-2-3-7-14(13)19;/h2-3,6-7,20H,4-5,8-12H2,1H3,(H,17,18);1H. The van der Waals surface area contributed by atoms with Gasteiger partial charge in [-0.25, -0.2) is 0 Å². The Kier molecular flexibility index (Phi) is 5.48. The molecule has 3 rings (SSSR count). The molecule has 0 atom stereocenters. The van der Waals surface area contributed by atoms with E-state index in [1.165, 1.54) is 11.3 Å². The summed E-state index contributed by atoms with van der Waals surface area (Å²) >= 11 is 0.